The second kappa shape index (κ2) is 23.8. The van der Waals surface area contributed by atoms with Crippen LogP contribution in [0.5, 0.6) is 23.0 Å². The van der Waals surface area contributed by atoms with E-state index >= 15 is 0 Å². The highest BCUT2D eigenvalue weighted by molar-refractivity contribution is 7.00. The van der Waals surface area contributed by atoms with E-state index in [0.29, 0.717) is 0 Å². The number of hydrogen-bond acceptors (Lipinski definition) is 4. The Morgan fingerprint density at radius 3 is 1.06 bits per heavy atom. The molecule has 0 radical (unpaired) electrons. The zero-order valence-corrected chi connectivity index (χ0v) is 62.7. The monoisotopic (exact) mass is 1400 g/mol. The number of hydrogen-bond donors (Lipinski definition) is 0. The van der Waals surface area contributed by atoms with Crippen LogP contribution in [0.1, 0.15) is 79.0 Å². The van der Waals surface area contributed by atoms with Crippen LogP contribution >= 0.6 is 0 Å². The summed E-state index contributed by atoms with van der Waals surface area (Å²) >= 11 is 0. The quantitative estimate of drug-likeness (QED) is 0.165. The molecule has 522 valence electrons. The standard InChI is InChI=1S/C102H79BN4O2/c1-100(2,3)64-56-87-95-88(57-64)107-97-72(45-31-47-80(97)102(7,8)9)78-59-86-76(70-41-23-27-49-84(70)105(86)66-38-20-13-21-39-66)61-92(78)109-90-51-29-25-43-74(90)94-68(63-34-16-11-17-35-63)53-55-82(99(94)107)103(95)81-54-52-67(62-32-14-10-15-33-62)93-73-42-24-28-50-89(73)108-91-60-75-69-40-22-26-48-83(69)104(65-36-18-12-19-37-65)85(75)58-77(91)71-44-30-46-79(101(4,5)6)96(71)106(87)98(81)93/h10-61H,1-9H3. The Balaban J connectivity index is 0.970. The van der Waals surface area contributed by atoms with Gasteiger partial charge in [-0.25, -0.2) is 0 Å². The van der Waals surface area contributed by atoms with Crippen molar-refractivity contribution < 1.29 is 9.47 Å². The van der Waals surface area contributed by atoms with Gasteiger partial charge < -0.3 is 28.4 Å². The summed E-state index contributed by atoms with van der Waals surface area (Å²) in [6.07, 6.45) is 0. The van der Waals surface area contributed by atoms with Crippen molar-refractivity contribution in [1.29, 1.82) is 0 Å². The fraction of sp³-hybridized carbons (Fsp3) is 0.118. The van der Waals surface area contributed by atoms with Crippen LogP contribution in [0.15, 0.2) is 315 Å². The summed E-state index contributed by atoms with van der Waals surface area (Å²) in [5.41, 5.74) is 32.2. The molecule has 4 aliphatic heterocycles. The van der Waals surface area contributed by atoms with Crippen LogP contribution in [0.25, 0.3) is 122 Å². The molecule has 21 rings (SSSR count). The van der Waals surface area contributed by atoms with E-state index in [9.17, 15) is 0 Å². The Hall–Kier alpha value is -12.8. The highest BCUT2D eigenvalue weighted by Crippen LogP contribution is 2.62. The molecule has 0 bridgehead atoms. The molecule has 0 amide bonds. The molecular formula is C102H79BN4O2. The number of para-hydroxylation sites is 8. The van der Waals surface area contributed by atoms with E-state index < -0.39 is 10.8 Å². The number of nitrogens with zero attached hydrogens (tertiary/aromatic N) is 4. The maximum absolute atomic E-state index is 7.93. The smallest absolute Gasteiger partial charge is 0.252 e. The molecule has 0 unspecified atom stereocenters. The topological polar surface area (TPSA) is 34.8 Å². The first-order valence-electron chi connectivity index (χ1n) is 38.3. The van der Waals surface area contributed by atoms with Gasteiger partial charge >= 0.3 is 0 Å². The molecule has 0 aliphatic carbocycles. The van der Waals surface area contributed by atoms with Gasteiger partial charge in [0.05, 0.1) is 44.8 Å². The normalized spacial score (nSPS) is 13.3. The van der Waals surface area contributed by atoms with Crippen molar-refractivity contribution in [2.24, 2.45) is 0 Å². The Bertz CT molecular complexity index is 6280. The highest BCUT2D eigenvalue weighted by atomic mass is 16.5. The van der Waals surface area contributed by atoms with Crippen LogP contribution in [-0.2, 0) is 16.2 Å². The lowest BCUT2D eigenvalue weighted by Crippen LogP contribution is -2.62. The molecule has 0 fully saturated rings. The lowest BCUT2D eigenvalue weighted by Gasteiger charge is -2.49. The largest absolute Gasteiger partial charge is 0.456 e. The van der Waals surface area contributed by atoms with Crippen LogP contribution in [0.2, 0.25) is 0 Å². The predicted octanol–water partition coefficient (Wildman–Crippen LogP) is 26.1. The van der Waals surface area contributed by atoms with Gasteiger partial charge in [0.25, 0.3) is 6.71 Å². The van der Waals surface area contributed by atoms with Crippen LogP contribution in [-0.4, -0.2) is 15.8 Å². The average molecular weight is 1400 g/mol. The summed E-state index contributed by atoms with van der Waals surface area (Å²) in [7, 11) is 0. The second-order valence-electron chi connectivity index (χ2n) is 33.1. The molecule has 17 aromatic rings. The van der Waals surface area contributed by atoms with Crippen molar-refractivity contribution in [3.05, 3.63) is 332 Å². The molecule has 7 heteroatoms. The summed E-state index contributed by atoms with van der Waals surface area (Å²) in [5, 5.41) is 4.55. The molecule has 6 heterocycles. The summed E-state index contributed by atoms with van der Waals surface area (Å²) in [6, 6.07) is 118. The minimum Gasteiger partial charge on any atom is -0.456 e. The number of fused-ring (bicyclic) bond motifs is 22. The highest BCUT2D eigenvalue weighted by Gasteiger charge is 2.50. The van der Waals surface area contributed by atoms with Gasteiger partial charge in [-0.3, -0.25) is 0 Å². The fourth-order valence-electron chi connectivity index (χ4n) is 18.6. The lowest BCUT2D eigenvalue weighted by atomic mass is 9.33. The molecule has 4 aliphatic rings. The molecule has 109 heavy (non-hydrogen) atoms. The van der Waals surface area contributed by atoms with Crippen LogP contribution in [0, 0.1) is 0 Å². The van der Waals surface area contributed by atoms with E-state index in [-0.39, 0.29) is 12.1 Å². The molecule has 15 aromatic carbocycles. The number of benzene rings is 15. The minimum atomic E-state index is -0.399. The number of ether oxygens (including phenoxy) is 2. The Labute approximate surface area is 637 Å². The van der Waals surface area contributed by atoms with Gasteiger partial charge in [0.15, 0.2) is 0 Å². The maximum atomic E-state index is 7.93. The van der Waals surface area contributed by atoms with E-state index in [1.807, 2.05) is 0 Å². The first-order chi connectivity index (χ1) is 53.0. The summed E-state index contributed by atoms with van der Waals surface area (Å²) in [6.45, 7) is 21.2. The molecule has 0 saturated carbocycles. The molecule has 0 N–H and O–H groups in total. The molecule has 0 atom stereocenters. The zero-order chi connectivity index (χ0) is 73.5. The fourth-order valence-corrected chi connectivity index (χ4v) is 18.6. The summed E-state index contributed by atoms with van der Waals surface area (Å²) in [4.78, 5) is 5.56. The zero-order valence-electron chi connectivity index (χ0n) is 62.7. The van der Waals surface area contributed by atoms with Crippen molar-refractivity contribution in [1.82, 2.24) is 9.13 Å². The first kappa shape index (κ1) is 64.5. The molecule has 2 aromatic heterocycles. The van der Waals surface area contributed by atoms with E-state index in [0.717, 1.165) is 179 Å². The van der Waals surface area contributed by atoms with Gasteiger partial charge in [0.1, 0.15) is 23.0 Å². The third kappa shape index (κ3) is 9.74. The predicted molar refractivity (Wildman–Crippen MR) is 458 cm³/mol. The van der Waals surface area contributed by atoms with Crippen molar-refractivity contribution >= 4 is 101 Å². The van der Waals surface area contributed by atoms with E-state index in [4.69, 9.17) is 9.47 Å². The van der Waals surface area contributed by atoms with Gasteiger partial charge in [0, 0.05) is 88.8 Å². The summed E-state index contributed by atoms with van der Waals surface area (Å²) in [5.74, 6) is 3.11. The SMILES string of the molecule is CC(C)(C)c1cc2c3c(c1)N1c4c(cccc4C(C)(C)C)-c4cc5c(cc4Oc4ccccc4-c4c(-c6ccccc6)ccc(c41)B3c1ccc(-c3ccccc3)c3c1N2c1c(cccc1C(C)(C)C)-c1cc2c(cc1Oc1ccccc1-3)c1ccccc1n2-c1ccccc1)c1ccccc1n5-c1ccccc1. The van der Waals surface area contributed by atoms with Crippen LogP contribution < -0.4 is 35.7 Å². The number of anilines is 6. The van der Waals surface area contributed by atoms with Crippen molar-refractivity contribution in [2.75, 3.05) is 9.80 Å². The van der Waals surface area contributed by atoms with Crippen LogP contribution in [0.3, 0.4) is 0 Å². The number of rotatable bonds is 4. The van der Waals surface area contributed by atoms with Gasteiger partial charge in [0.2, 0.25) is 0 Å². The van der Waals surface area contributed by atoms with E-state index in [1.165, 1.54) is 33.1 Å². The molecule has 6 nitrogen and oxygen atoms in total. The van der Waals surface area contributed by atoms with Gasteiger partial charge in [-0.2, -0.15) is 0 Å². The van der Waals surface area contributed by atoms with Gasteiger partial charge in [-0.15, -0.1) is 0 Å². The van der Waals surface area contributed by atoms with Crippen molar-refractivity contribution in [2.45, 2.75) is 78.6 Å². The van der Waals surface area contributed by atoms with Crippen LogP contribution in [0.4, 0.5) is 34.1 Å². The molecule has 0 spiro atoms. The minimum absolute atomic E-state index is 0.340. The second-order valence-corrected chi connectivity index (χ2v) is 33.1. The Morgan fingerprint density at radius 2 is 0.642 bits per heavy atom. The van der Waals surface area contributed by atoms with Gasteiger partial charge in [-0.1, -0.05) is 293 Å². The molecule has 0 saturated heterocycles. The summed E-state index contributed by atoms with van der Waals surface area (Å²) < 4.78 is 20.7. The third-order valence-corrected chi connectivity index (χ3v) is 23.5. The maximum Gasteiger partial charge on any atom is 0.252 e. The van der Waals surface area contributed by atoms with Crippen molar-refractivity contribution in [3.8, 4) is 101 Å². The Kier molecular flexibility index (Phi) is 14.1. The first-order valence-corrected chi connectivity index (χ1v) is 38.3. The average Bonchev–Trinajstić information content (AvgIpc) is 1.11. The van der Waals surface area contributed by atoms with E-state index in [1.54, 1.807) is 0 Å². The Morgan fingerprint density at radius 1 is 0.266 bits per heavy atom. The molecular weight excluding hydrogens is 1320 g/mol. The number of aromatic nitrogens is 2. The van der Waals surface area contributed by atoms with Crippen molar-refractivity contribution in [3.63, 3.8) is 0 Å². The van der Waals surface area contributed by atoms with E-state index in [2.05, 4.69) is 397 Å². The third-order valence-electron chi connectivity index (χ3n) is 23.5. The van der Waals surface area contributed by atoms with Gasteiger partial charge in [-0.05, 0) is 157 Å². The lowest BCUT2D eigenvalue weighted by molar-refractivity contribution is 0.486.